The van der Waals surface area contributed by atoms with Gasteiger partial charge in [0.15, 0.2) is 8.32 Å². The van der Waals surface area contributed by atoms with Crippen molar-refractivity contribution in [3.8, 4) is 0 Å². The summed E-state index contributed by atoms with van der Waals surface area (Å²) in [4.78, 5) is 17.2. The van der Waals surface area contributed by atoms with Gasteiger partial charge >= 0.3 is 5.97 Å². The second-order valence-electron chi connectivity index (χ2n) is 9.22. The first kappa shape index (κ1) is 23.3. The topological polar surface area (TPSA) is 61.5 Å². The first-order valence-electron chi connectivity index (χ1n) is 8.91. The number of hydrogen-bond donors (Lipinski definition) is 1. The van der Waals surface area contributed by atoms with Crippen LogP contribution in [0.2, 0.25) is 18.1 Å². The zero-order chi connectivity index (χ0) is 19.2. The monoisotopic (exact) mass is 357 g/mol. The maximum Gasteiger partial charge on any atom is 0.331 e. The van der Waals surface area contributed by atoms with Crippen molar-refractivity contribution in [3.05, 3.63) is 12.2 Å². The van der Waals surface area contributed by atoms with Crippen molar-refractivity contribution < 1.29 is 14.1 Å². The highest BCUT2D eigenvalue weighted by Gasteiger charge is 2.48. The molecule has 24 heavy (non-hydrogen) atoms. The van der Waals surface area contributed by atoms with Gasteiger partial charge in [0.25, 0.3) is 0 Å². The average Bonchev–Trinajstić information content (AvgIpc) is 2.43. The second kappa shape index (κ2) is 8.63. The van der Waals surface area contributed by atoms with Gasteiger partial charge in [0, 0.05) is 6.61 Å². The molecule has 0 rings (SSSR count). The summed E-state index contributed by atoms with van der Waals surface area (Å²) in [6.07, 6.45) is 6.14. The van der Waals surface area contributed by atoms with Gasteiger partial charge in [-0.3, -0.25) is 0 Å². The molecule has 4 nitrogen and oxygen atoms in total. The van der Waals surface area contributed by atoms with E-state index >= 15 is 0 Å². The predicted octanol–water partition coefficient (Wildman–Crippen LogP) is 5.20. The molecule has 0 aliphatic heterocycles. The Balaban J connectivity index is 5.13. The summed E-state index contributed by atoms with van der Waals surface area (Å²) < 4.78 is 6.26. The molecule has 142 valence electrons. The number of nitrogens with two attached hydrogens (primary N) is 1. The molecule has 0 amide bonds. The maximum absolute atomic E-state index is 12.5. The van der Waals surface area contributed by atoms with Crippen molar-refractivity contribution in [1.29, 1.82) is 0 Å². The summed E-state index contributed by atoms with van der Waals surface area (Å²) in [5.41, 5.74) is -0.884. The fourth-order valence-corrected chi connectivity index (χ4v) is 3.71. The lowest BCUT2D eigenvalue weighted by molar-refractivity contribution is -0.165. The van der Waals surface area contributed by atoms with Gasteiger partial charge in [-0.05, 0) is 49.7 Å². The molecule has 1 atom stereocenters. The highest BCUT2D eigenvalue weighted by Crippen LogP contribution is 2.47. The number of hydrogen-bond acceptors (Lipinski definition) is 4. The lowest BCUT2D eigenvalue weighted by Crippen LogP contribution is -2.45. The molecule has 2 N–H and O–H groups in total. The highest BCUT2D eigenvalue weighted by atomic mass is 28.4. The van der Waals surface area contributed by atoms with E-state index in [4.69, 9.17) is 10.3 Å². The first-order valence-corrected chi connectivity index (χ1v) is 11.8. The lowest BCUT2D eigenvalue weighted by Gasteiger charge is -2.42. The Hall–Kier alpha value is -0.653. The SMILES string of the molecule is CC=CCC(CCCO[Si](C)(C)C(C)(C)C)(C(=O)ON)C(C)(C)C. The van der Waals surface area contributed by atoms with E-state index in [9.17, 15) is 4.79 Å². The van der Waals surface area contributed by atoms with Crippen LogP contribution in [0.5, 0.6) is 0 Å². The quantitative estimate of drug-likeness (QED) is 0.280. The molecule has 0 spiro atoms. The van der Waals surface area contributed by atoms with E-state index in [1.54, 1.807) is 0 Å². The van der Waals surface area contributed by atoms with Crippen LogP contribution in [0.4, 0.5) is 0 Å². The van der Waals surface area contributed by atoms with Crippen LogP contribution in [-0.4, -0.2) is 20.9 Å². The van der Waals surface area contributed by atoms with Crippen molar-refractivity contribution >= 4 is 14.3 Å². The van der Waals surface area contributed by atoms with Crippen molar-refractivity contribution in [3.63, 3.8) is 0 Å². The van der Waals surface area contributed by atoms with Gasteiger partial charge < -0.3 is 9.26 Å². The van der Waals surface area contributed by atoms with E-state index < -0.39 is 13.7 Å². The van der Waals surface area contributed by atoms with Crippen LogP contribution < -0.4 is 5.90 Å². The molecule has 1 unspecified atom stereocenters. The summed E-state index contributed by atoms with van der Waals surface area (Å²) in [7, 11) is -1.76. The zero-order valence-corrected chi connectivity index (χ0v) is 18.3. The zero-order valence-electron chi connectivity index (χ0n) is 17.3. The minimum atomic E-state index is -1.76. The van der Waals surface area contributed by atoms with Crippen LogP contribution in [0.3, 0.4) is 0 Å². The van der Waals surface area contributed by atoms with Gasteiger partial charge in [-0.1, -0.05) is 53.7 Å². The van der Waals surface area contributed by atoms with E-state index in [1.165, 1.54) is 0 Å². The number of carbonyl (C=O) groups excluding carboxylic acids is 1. The molecule has 0 radical (unpaired) electrons. The van der Waals surface area contributed by atoms with E-state index in [0.717, 1.165) is 6.42 Å². The van der Waals surface area contributed by atoms with Crippen molar-refractivity contribution in [2.45, 2.75) is 85.9 Å². The summed E-state index contributed by atoms with van der Waals surface area (Å²) >= 11 is 0. The Kier molecular flexibility index (Phi) is 8.40. The Morgan fingerprint density at radius 1 is 1.12 bits per heavy atom. The maximum atomic E-state index is 12.5. The van der Waals surface area contributed by atoms with Crippen molar-refractivity contribution in [2.24, 2.45) is 16.7 Å². The van der Waals surface area contributed by atoms with Crippen LogP contribution in [0, 0.1) is 10.8 Å². The largest absolute Gasteiger partial charge is 0.417 e. The fourth-order valence-electron chi connectivity index (χ4n) is 2.62. The molecule has 0 aromatic carbocycles. The average molecular weight is 358 g/mol. The Morgan fingerprint density at radius 3 is 2.04 bits per heavy atom. The Labute approximate surface area is 150 Å². The lowest BCUT2D eigenvalue weighted by atomic mass is 9.62. The molecule has 0 aliphatic rings. The summed E-state index contributed by atoms with van der Waals surface area (Å²) in [5, 5.41) is 0.190. The minimum absolute atomic E-state index is 0.190. The molecular weight excluding hydrogens is 318 g/mol. The molecular formula is C19H39NO3Si. The normalized spacial score (nSPS) is 16.2. The molecule has 0 heterocycles. The second-order valence-corrected chi connectivity index (χ2v) is 14.0. The van der Waals surface area contributed by atoms with Crippen molar-refractivity contribution in [1.82, 2.24) is 0 Å². The summed E-state index contributed by atoms with van der Waals surface area (Å²) in [6.45, 7) is 20.0. The Morgan fingerprint density at radius 2 is 1.67 bits per heavy atom. The fraction of sp³-hybridized carbons (Fsp3) is 0.842. The number of rotatable bonds is 8. The molecule has 0 bridgehead atoms. The van der Waals surface area contributed by atoms with Crippen LogP contribution in [0.1, 0.15) is 67.7 Å². The van der Waals surface area contributed by atoms with Gasteiger partial charge in [-0.2, -0.15) is 5.90 Å². The van der Waals surface area contributed by atoms with E-state index in [2.05, 4.69) is 59.5 Å². The van der Waals surface area contributed by atoms with E-state index in [0.29, 0.717) is 19.4 Å². The van der Waals surface area contributed by atoms with Gasteiger partial charge in [0.05, 0.1) is 5.41 Å². The third-order valence-corrected chi connectivity index (χ3v) is 10.2. The van der Waals surface area contributed by atoms with Gasteiger partial charge in [-0.25, -0.2) is 4.79 Å². The smallest absolute Gasteiger partial charge is 0.331 e. The van der Waals surface area contributed by atoms with Gasteiger partial charge in [0.1, 0.15) is 0 Å². The molecule has 5 heteroatoms. The summed E-state index contributed by atoms with van der Waals surface area (Å²) in [6, 6.07) is 0. The molecule has 0 saturated heterocycles. The first-order chi connectivity index (χ1) is 10.7. The third-order valence-electron chi connectivity index (χ3n) is 5.65. The van der Waals surface area contributed by atoms with E-state index in [-0.39, 0.29) is 16.4 Å². The van der Waals surface area contributed by atoms with E-state index in [1.807, 2.05) is 19.1 Å². The third kappa shape index (κ3) is 5.71. The highest BCUT2D eigenvalue weighted by molar-refractivity contribution is 6.74. The van der Waals surface area contributed by atoms with Crippen LogP contribution in [-0.2, 0) is 14.1 Å². The number of carbonyl (C=O) groups is 1. The van der Waals surface area contributed by atoms with Crippen LogP contribution >= 0.6 is 0 Å². The summed E-state index contributed by atoms with van der Waals surface area (Å²) in [5.74, 6) is 4.93. The number of allylic oxidation sites excluding steroid dienone is 2. The molecule has 0 aromatic heterocycles. The molecule has 0 fully saturated rings. The van der Waals surface area contributed by atoms with Gasteiger partial charge in [-0.15, -0.1) is 0 Å². The van der Waals surface area contributed by atoms with Gasteiger partial charge in [0.2, 0.25) is 0 Å². The Bertz CT molecular complexity index is 433. The molecule has 0 aromatic rings. The van der Waals surface area contributed by atoms with Crippen LogP contribution in [0.15, 0.2) is 12.2 Å². The molecule has 0 saturated carbocycles. The molecule has 0 aliphatic carbocycles. The van der Waals surface area contributed by atoms with Crippen LogP contribution in [0.25, 0.3) is 0 Å². The van der Waals surface area contributed by atoms with Crippen molar-refractivity contribution in [2.75, 3.05) is 6.61 Å². The predicted molar refractivity (Wildman–Crippen MR) is 104 cm³/mol. The minimum Gasteiger partial charge on any atom is -0.417 e. The standard InChI is InChI=1S/C19H39NO3Si/c1-10-11-13-19(16(21)23-20,17(2,3)4)14-12-15-22-24(8,9)18(5,6)7/h10-11H,12-15,20H2,1-9H3.